The Hall–Kier alpha value is -0.530. The van der Waals surface area contributed by atoms with Crippen molar-refractivity contribution in [1.82, 2.24) is 5.43 Å². The topological polar surface area (TPSA) is 24.4 Å². The summed E-state index contributed by atoms with van der Waals surface area (Å²) >= 11 is 0. The fourth-order valence-electron chi connectivity index (χ4n) is 6.65. The fraction of sp³-hybridized carbons (Fsp3) is 0.950. The van der Waals surface area contributed by atoms with Gasteiger partial charge in [-0.1, -0.05) is 41.5 Å². The zero-order chi connectivity index (χ0) is 16.0. The van der Waals surface area contributed by atoms with Crippen LogP contribution in [0.1, 0.15) is 80.1 Å². The van der Waals surface area contributed by atoms with Gasteiger partial charge in [0.15, 0.2) is 0 Å². The lowest BCUT2D eigenvalue weighted by atomic mass is 9.69. The number of rotatable bonds is 2. The molecular weight excluding hydrogens is 268 g/mol. The highest BCUT2D eigenvalue weighted by atomic mass is 15.3. The lowest BCUT2D eigenvalue weighted by molar-refractivity contribution is 0.121. The summed E-state index contributed by atoms with van der Waals surface area (Å²) in [6.45, 7) is 14.9. The highest BCUT2D eigenvalue weighted by Crippen LogP contribution is 2.66. The second-order valence-electron chi connectivity index (χ2n) is 10.3. The lowest BCUT2D eigenvalue weighted by Crippen LogP contribution is -2.43. The summed E-state index contributed by atoms with van der Waals surface area (Å²) in [5.74, 6) is 1.74. The van der Waals surface area contributed by atoms with Crippen LogP contribution in [0.3, 0.4) is 0 Å². The zero-order valence-corrected chi connectivity index (χ0v) is 15.4. The molecule has 0 aromatic heterocycles. The second kappa shape index (κ2) is 4.11. The van der Waals surface area contributed by atoms with E-state index >= 15 is 0 Å². The average Bonchev–Trinajstić information content (AvgIpc) is 2.95. The number of nitrogens with zero attached hydrogens (tertiary/aromatic N) is 1. The van der Waals surface area contributed by atoms with Gasteiger partial charge in [-0.05, 0) is 66.6 Å². The Kier molecular flexibility index (Phi) is 2.80. The van der Waals surface area contributed by atoms with E-state index in [0.29, 0.717) is 27.7 Å². The van der Waals surface area contributed by atoms with E-state index in [0.717, 1.165) is 11.8 Å². The molecule has 1 N–H and O–H groups in total. The molecular formula is C20H34N2. The van der Waals surface area contributed by atoms with Crippen LogP contribution in [0.15, 0.2) is 5.10 Å². The minimum Gasteiger partial charge on any atom is -0.306 e. The molecule has 0 heterocycles. The van der Waals surface area contributed by atoms with Crippen LogP contribution in [0, 0.1) is 33.5 Å². The van der Waals surface area contributed by atoms with E-state index in [4.69, 9.17) is 5.10 Å². The lowest BCUT2D eigenvalue weighted by Gasteiger charge is -2.39. The predicted molar refractivity (Wildman–Crippen MR) is 92.8 cm³/mol. The third-order valence-corrected chi connectivity index (χ3v) is 9.66. The SMILES string of the molecule is CC12CCC(CC1=NNC1CC3CCC1(C)C3(C)C)C2(C)C. The summed E-state index contributed by atoms with van der Waals surface area (Å²) in [6.07, 6.45) is 8.08. The smallest absolute Gasteiger partial charge is 0.0501 e. The van der Waals surface area contributed by atoms with Crippen molar-refractivity contribution < 1.29 is 0 Å². The second-order valence-corrected chi connectivity index (χ2v) is 10.3. The van der Waals surface area contributed by atoms with Crippen molar-refractivity contribution in [1.29, 1.82) is 0 Å². The van der Waals surface area contributed by atoms with Gasteiger partial charge in [-0.25, -0.2) is 0 Å². The van der Waals surface area contributed by atoms with Crippen molar-refractivity contribution >= 4 is 5.71 Å². The van der Waals surface area contributed by atoms with Gasteiger partial charge in [-0.3, -0.25) is 0 Å². The largest absolute Gasteiger partial charge is 0.306 e. The molecule has 4 aliphatic carbocycles. The van der Waals surface area contributed by atoms with Crippen LogP contribution in [0.4, 0.5) is 0 Å². The minimum absolute atomic E-state index is 0.332. The molecule has 5 unspecified atom stereocenters. The van der Waals surface area contributed by atoms with E-state index in [9.17, 15) is 0 Å². The molecule has 0 aromatic carbocycles. The quantitative estimate of drug-likeness (QED) is 0.714. The molecule has 0 radical (unpaired) electrons. The van der Waals surface area contributed by atoms with Crippen LogP contribution >= 0.6 is 0 Å². The van der Waals surface area contributed by atoms with Gasteiger partial charge in [0.2, 0.25) is 0 Å². The number of hydrogen-bond acceptors (Lipinski definition) is 2. The van der Waals surface area contributed by atoms with Crippen molar-refractivity contribution in [3.05, 3.63) is 0 Å². The third kappa shape index (κ3) is 1.50. The van der Waals surface area contributed by atoms with Gasteiger partial charge in [-0.15, -0.1) is 0 Å². The molecule has 22 heavy (non-hydrogen) atoms. The third-order valence-electron chi connectivity index (χ3n) is 9.66. The summed E-state index contributed by atoms with van der Waals surface area (Å²) in [4.78, 5) is 0. The van der Waals surface area contributed by atoms with E-state index in [1.165, 1.54) is 44.2 Å². The summed E-state index contributed by atoms with van der Waals surface area (Å²) in [6, 6.07) is 0.583. The van der Waals surface area contributed by atoms with E-state index in [1.807, 2.05) is 0 Å². The molecule has 0 amide bonds. The molecule has 4 saturated carbocycles. The molecule has 2 nitrogen and oxygen atoms in total. The number of hydrazone groups is 1. The maximum atomic E-state index is 5.05. The Balaban J connectivity index is 1.55. The van der Waals surface area contributed by atoms with Crippen LogP contribution in [0.2, 0.25) is 0 Å². The monoisotopic (exact) mass is 302 g/mol. The summed E-state index contributed by atoms with van der Waals surface area (Å²) in [7, 11) is 0. The first kappa shape index (κ1) is 15.0. The normalized spacial score (nSPS) is 52.6. The fourth-order valence-corrected chi connectivity index (χ4v) is 6.65. The standard InChI is InChI=1S/C20H34N2/c1-17(2)13-7-9-19(17,5)15(11-13)21-22-16-12-14-8-10-20(16,6)18(14,3)4/h13-15,21H,7-12H2,1-6H3. The van der Waals surface area contributed by atoms with Gasteiger partial charge in [0.25, 0.3) is 0 Å². The first-order chi connectivity index (χ1) is 10.1. The van der Waals surface area contributed by atoms with Gasteiger partial charge in [0.1, 0.15) is 0 Å². The Bertz CT molecular complexity index is 532. The van der Waals surface area contributed by atoms with Crippen LogP contribution in [0.25, 0.3) is 0 Å². The van der Waals surface area contributed by atoms with E-state index in [-0.39, 0.29) is 0 Å². The maximum absolute atomic E-state index is 5.05. The Morgan fingerprint density at radius 2 is 1.59 bits per heavy atom. The van der Waals surface area contributed by atoms with Crippen LogP contribution in [-0.2, 0) is 0 Å². The van der Waals surface area contributed by atoms with Crippen molar-refractivity contribution in [3.8, 4) is 0 Å². The van der Waals surface area contributed by atoms with Crippen molar-refractivity contribution in [2.24, 2.45) is 38.6 Å². The molecule has 0 saturated heterocycles. The number of hydrogen-bond donors (Lipinski definition) is 1. The van der Waals surface area contributed by atoms with Crippen molar-refractivity contribution in [2.75, 3.05) is 0 Å². The summed E-state index contributed by atoms with van der Waals surface area (Å²) < 4.78 is 0. The minimum atomic E-state index is 0.332. The summed E-state index contributed by atoms with van der Waals surface area (Å²) in [5.41, 5.74) is 6.83. The van der Waals surface area contributed by atoms with E-state index < -0.39 is 0 Å². The summed E-state index contributed by atoms with van der Waals surface area (Å²) in [5, 5.41) is 5.05. The molecule has 0 aromatic rings. The van der Waals surface area contributed by atoms with Crippen molar-refractivity contribution in [3.63, 3.8) is 0 Å². The molecule has 5 atom stereocenters. The van der Waals surface area contributed by atoms with Crippen molar-refractivity contribution in [2.45, 2.75) is 86.1 Å². The zero-order valence-electron chi connectivity index (χ0n) is 15.4. The molecule has 2 heteroatoms. The molecule has 4 fully saturated rings. The Labute approximate surface area is 136 Å². The molecule has 4 rings (SSSR count). The van der Waals surface area contributed by atoms with Gasteiger partial charge in [0, 0.05) is 11.1 Å². The molecule has 124 valence electrons. The van der Waals surface area contributed by atoms with Crippen LogP contribution in [-0.4, -0.2) is 11.8 Å². The van der Waals surface area contributed by atoms with Gasteiger partial charge in [-0.2, -0.15) is 5.10 Å². The van der Waals surface area contributed by atoms with E-state index in [2.05, 4.69) is 47.0 Å². The molecule has 4 bridgehead atoms. The van der Waals surface area contributed by atoms with Gasteiger partial charge >= 0.3 is 0 Å². The van der Waals surface area contributed by atoms with Gasteiger partial charge < -0.3 is 5.43 Å². The van der Waals surface area contributed by atoms with E-state index in [1.54, 1.807) is 0 Å². The first-order valence-electron chi connectivity index (χ1n) is 9.45. The number of fused-ring (bicyclic) bond motifs is 4. The highest BCUT2D eigenvalue weighted by molar-refractivity contribution is 5.94. The Morgan fingerprint density at radius 1 is 0.909 bits per heavy atom. The number of nitrogens with one attached hydrogen (secondary N) is 1. The van der Waals surface area contributed by atoms with Crippen LogP contribution in [0.5, 0.6) is 0 Å². The van der Waals surface area contributed by atoms with Crippen LogP contribution < -0.4 is 5.43 Å². The Morgan fingerprint density at radius 3 is 2.05 bits per heavy atom. The molecule has 4 aliphatic rings. The first-order valence-corrected chi connectivity index (χ1v) is 9.45. The molecule has 0 aliphatic heterocycles. The van der Waals surface area contributed by atoms with Gasteiger partial charge in [0.05, 0.1) is 6.04 Å². The maximum Gasteiger partial charge on any atom is 0.0501 e. The highest BCUT2D eigenvalue weighted by Gasteiger charge is 2.62. The molecule has 0 spiro atoms. The average molecular weight is 303 g/mol. The predicted octanol–water partition coefficient (Wildman–Crippen LogP) is 4.99.